The first kappa shape index (κ1) is 21.3. The number of halogens is 3. The van der Waals surface area contributed by atoms with E-state index in [0.717, 1.165) is 22.0 Å². The summed E-state index contributed by atoms with van der Waals surface area (Å²) in [5, 5.41) is 0. The molecule has 0 radical (unpaired) electrons. The minimum absolute atomic E-state index is 0.115. The van der Waals surface area contributed by atoms with Crippen LogP contribution in [0.4, 0.5) is 18.9 Å². The van der Waals surface area contributed by atoms with Crippen LogP contribution in [0.3, 0.4) is 0 Å². The molecule has 1 amide bonds. The van der Waals surface area contributed by atoms with Crippen molar-refractivity contribution in [2.45, 2.75) is 30.3 Å². The zero-order valence-corrected chi connectivity index (χ0v) is 16.8. The maximum atomic E-state index is 12.7. The largest absolute Gasteiger partial charge is 0.416 e. The summed E-state index contributed by atoms with van der Waals surface area (Å²) in [6.45, 7) is 0.451. The Morgan fingerprint density at radius 2 is 1.76 bits per heavy atom. The van der Waals surface area contributed by atoms with Crippen LogP contribution in [0.15, 0.2) is 47.4 Å². The van der Waals surface area contributed by atoms with Crippen LogP contribution in [0.5, 0.6) is 0 Å². The van der Waals surface area contributed by atoms with Gasteiger partial charge in [0.1, 0.15) is 0 Å². The van der Waals surface area contributed by atoms with Crippen LogP contribution in [0.2, 0.25) is 0 Å². The Morgan fingerprint density at radius 1 is 1.10 bits per heavy atom. The van der Waals surface area contributed by atoms with Crippen molar-refractivity contribution >= 4 is 21.6 Å². The van der Waals surface area contributed by atoms with Gasteiger partial charge in [0.05, 0.1) is 10.5 Å². The van der Waals surface area contributed by atoms with Crippen LogP contribution in [0.1, 0.15) is 23.1 Å². The van der Waals surface area contributed by atoms with Crippen LogP contribution in [-0.4, -0.2) is 39.3 Å². The molecule has 0 bridgehead atoms. The van der Waals surface area contributed by atoms with Crippen molar-refractivity contribution in [3.05, 3.63) is 59.2 Å². The van der Waals surface area contributed by atoms with Crippen molar-refractivity contribution in [3.8, 4) is 0 Å². The standard InChI is InChI=1S/C20H21F3N2O3S/c1-24(2)29(27,28)17-9-6-15-11-12-25(18(15)13-17)19(26)10-5-14-3-7-16(8-4-14)20(21,22)23/h3-4,6-9,13H,5,10-12H2,1-2H3. The molecule has 0 unspecified atom stereocenters. The van der Waals surface area contributed by atoms with Gasteiger partial charge in [-0.15, -0.1) is 0 Å². The normalized spacial score (nSPS) is 14.3. The van der Waals surface area contributed by atoms with Crippen molar-refractivity contribution < 1.29 is 26.4 Å². The minimum atomic E-state index is -4.39. The third-order valence-electron chi connectivity index (χ3n) is 4.94. The lowest BCUT2D eigenvalue weighted by molar-refractivity contribution is -0.137. The Kier molecular flexibility index (Phi) is 5.73. The summed E-state index contributed by atoms with van der Waals surface area (Å²) >= 11 is 0. The number of fused-ring (bicyclic) bond motifs is 1. The Morgan fingerprint density at radius 3 is 2.34 bits per heavy atom. The maximum Gasteiger partial charge on any atom is 0.416 e. The summed E-state index contributed by atoms with van der Waals surface area (Å²) in [4.78, 5) is 14.4. The number of carbonyl (C=O) groups is 1. The van der Waals surface area contributed by atoms with Gasteiger partial charge >= 0.3 is 6.18 Å². The number of hydrogen-bond donors (Lipinski definition) is 0. The Labute approximate surface area is 167 Å². The van der Waals surface area contributed by atoms with E-state index in [2.05, 4.69) is 0 Å². The molecule has 1 heterocycles. The smallest absolute Gasteiger partial charge is 0.312 e. The summed E-state index contributed by atoms with van der Waals surface area (Å²) in [6.07, 6.45) is -3.34. The molecule has 5 nitrogen and oxygen atoms in total. The van der Waals surface area contributed by atoms with Crippen LogP contribution < -0.4 is 4.90 Å². The molecule has 2 aromatic rings. The number of aryl methyl sites for hydroxylation is 1. The monoisotopic (exact) mass is 426 g/mol. The predicted molar refractivity (Wildman–Crippen MR) is 103 cm³/mol. The van der Waals surface area contributed by atoms with Gasteiger partial charge in [-0.25, -0.2) is 12.7 Å². The quantitative estimate of drug-likeness (QED) is 0.736. The molecule has 0 fully saturated rings. The van der Waals surface area contributed by atoms with Gasteiger partial charge in [0.2, 0.25) is 15.9 Å². The molecule has 0 spiro atoms. The van der Waals surface area contributed by atoms with Gasteiger partial charge in [-0.1, -0.05) is 18.2 Å². The molecular weight excluding hydrogens is 405 g/mol. The summed E-state index contributed by atoms with van der Waals surface area (Å²) < 4.78 is 63.7. The number of alkyl halides is 3. The fourth-order valence-corrected chi connectivity index (χ4v) is 4.16. The zero-order valence-electron chi connectivity index (χ0n) is 16.0. The zero-order chi connectivity index (χ0) is 21.4. The second kappa shape index (κ2) is 7.79. The fraction of sp³-hybridized carbons (Fsp3) is 0.350. The van der Waals surface area contributed by atoms with Gasteiger partial charge in [-0.2, -0.15) is 13.2 Å². The second-order valence-corrected chi connectivity index (χ2v) is 9.22. The number of sulfonamides is 1. The lowest BCUT2D eigenvalue weighted by Crippen LogP contribution is -2.29. The van der Waals surface area contributed by atoms with E-state index in [4.69, 9.17) is 0 Å². The highest BCUT2D eigenvalue weighted by Crippen LogP contribution is 2.32. The van der Waals surface area contributed by atoms with Gasteiger partial charge in [0.15, 0.2) is 0 Å². The number of rotatable bonds is 5. The van der Waals surface area contributed by atoms with Gasteiger partial charge in [0, 0.05) is 32.7 Å². The topological polar surface area (TPSA) is 57.7 Å². The van der Waals surface area contributed by atoms with Gasteiger partial charge in [-0.05, 0) is 48.2 Å². The van der Waals surface area contributed by atoms with E-state index in [-0.39, 0.29) is 17.2 Å². The van der Waals surface area contributed by atoms with Gasteiger partial charge < -0.3 is 4.90 Å². The van der Waals surface area contributed by atoms with E-state index in [1.54, 1.807) is 11.0 Å². The van der Waals surface area contributed by atoms with Crippen LogP contribution >= 0.6 is 0 Å². The third kappa shape index (κ3) is 4.45. The molecule has 0 aliphatic carbocycles. The van der Waals surface area contributed by atoms with Crippen LogP contribution in [-0.2, 0) is 33.8 Å². The van der Waals surface area contributed by atoms with E-state index in [1.165, 1.54) is 38.4 Å². The van der Waals surface area contributed by atoms with E-state index >= 15 is 0 Å². The third-order valence-corrected chi connectivity index (χ3v) is 6.75. The average Bonchev–Trinajstić information content (AvgIpc) is 3.09. The number of nitrogens with zero attached hydrogens (tertiary/aromatic N) is 2. The van der Waals surface area contributed by atoms with Gasteiger partial charge in [-0.3, -0.25) is 4.79 Å². The van der Waals surface area contributed by atoms with E-state index < -0.39 is 21.8 Å². The highest BCUT2D eigenvalue weighted by Gasteiger charge is 2.30. The molecule has 29 heavy (non-hydrogen) atoms. The Bertz CT molecular complexity index is 1020. The van der Waals surface area contributed by atoms with Crippen LogP contribution in [0.25, 0.3) is 0 Å². The number of benzene rings is 2. The molecule has 0 aromatic heterocycles. The Balaban J connectivity index is 1.72. The summed E-state index contributed by atoms with van der Waals surface area (Å²) in [7, 11) is -0.736. The lowest BCUT2D eigenvalue weighted by Gasteiger charge is -2.19. The molecule has 9 heteroatoms. The number of anilines is 1. The molecule has 0 N–H and O–H groups in total. The average molecular weight is 426 g/mol. The van der Waals surface area contributed by atoms with Crippen molar-refractivity contribution in [1.82, 2.24) is 4.31 Å². The number of amides is 1. The first-order valence-corrected chi connectivity index (χ1v) is 10.5. The number of hydrogen-bond acceptors (Lipinski definition) is 3. The molecule has 0 atom stereocenters. The first-order valence-electron chi connectivity index (χ1n) is 9.02. The molecule has 1 aliphatic heterocycles. The highest BCUT2D eigenvalue weighted by atomic mass is 32.2. The van der Waals surface area contributed by atoms with Crippen molar-refractivity contribution in [1.29, 1.82) is 0 Å². The fourth-order valence-electron chi connectivity index (χ4n) is 3.24. The molecule has 3 rings (SSSR count). The van der Waals surface area contributed by atoms with Crippen molar-refractivity contribution in [2.24, 2.45) is 0 Å². The first-order chi connectivity index (χ1) is 13.5. The summed E-state index contributed by atoms with van der Waals surface area (Å²) in [5.41, 5.74) is 1.38. The molecule has 2 aromatic carbocycles. The molecule has 0 saturated heterocycles. The van der Waals surface area contributed by atoms with Crippen molar-refractivity contribution in [3.63, 3.8) is 0 Å². The maximum absolute atomic E-state index is 12.7. The molecular formula is C20H21F3N2O3S. The molecule has 1 aliphatic rings. The predicted octanol–water partition coefficient (Wildman–Crippen LogP) is 3.48. The van der Waals surface area contributed by atoms with E-state index in [1.807, 2.05) is 0 Å². The molecule has 156 valence electrons. The Hall–Kier alpha value is -2.39. The van der Waals surface area contributed by atoms with Gasteiger partial charge in [0.25, 0.3) is 0 Å². The molecule has 0 saturated carbocycles. The lowest BCUT2D eigenvalue weighted by atomic mass is 10.1. The van der Waals surface area contributed by atoms with Crippen molar-refractivity contribution in [2.75, 3.05) is 25.5 Å². The summed E-state index contributed by atoms with van der Waals surface area (Å²) in [5.74, 6) is -0.192. The number of carbonyl (C=O) groups excluding carboxylic acids is 1. The minimum Gasteiger partial charge on any atom is -0.312 e. The van der Waals surface area contributed by atoms with E-state index in [9.17, 15) is 26.4 Å². The van der Waals surface area contributed by atoms with Crippen LogP contribution in [0, 0.1) is 0 Å². The highest BCUT2D eigenvalue weighted by molar-refractivity contribution is 7.89. The SMILES string of the molecule is CN(C)S(=O)(=O)c1ccc2c(c1)N(C(=O)CCc1ccc(C(F)(F)F)cc1)CC2. The summed E-state index contributed by atoms with van der Waals surface area (Å²) in [6, 6.07) is 9.51. The second-order valence-electron chi connectivity index (χ2n) is 7.07. The van der Waals surface area contributed by atoms with E-state index in [0.29, 0.717) is 30.6 Å².